The van der Waals surface area contributed by atoms with Crippen LogP contribution in [0.5, 0.6) is 11.5 Å². The molecule has 1 aromatic heterocycles. The number of hydrogen-bond acceptors (Lipinski definition) is 8. The number of methoxy groups -OCH3 is 2. The molecule has 1 aliphatic rings. The van der Waals surface area contributed by atoms with Crippen molar-refractivity contribution >= 4 is 17.5 Å². The molecule has 39 heavy (non-hydrogen) atoms. The standard InChI is InChI=1S/C29H36N4O6/c1-19-13-33(14-23-17-38-18-30-23)20(2)16-39-26-12-22(31-28(34)21-6-9-24(36-4)10-7-21)8-11-25(26)29(35)32(3)15-27(19)37-5/h6-12,17-20,27H,13-16H2,1-5H3,(H,31,34)/t19-,20+,27+/m0/s1. The summed E-state index contributed by atoms with van der Waals surface area (Å²) in [6.07, 6.45) is 2.90. The number of nitrogens with zero attached hydrogens (tertiary/aromatic N) is 3. The van der Waals surface area contributed by atoms with Crippen molar-refractivity contribution in [2.24, 2.45) is 5.92 Å². The lowest BCUT2D eigenvalue weighted by Gasteiger charge is -2.35. The Morgan fingerprint density at radius 1 is 1.13 bits per heavy atom. The molecule has 3 aromatic rings. The van der Waals surface area contributed by atoms with Gasteiger partial charge in [-0.15, -0.1) is 0 Å². The van der Waals surface area contributed by atoms with Crippen molar-refractivity contribution in [2.75, 3.05) is 46.3 Å². The van der Waals surface area contributed by atoms with Crippen LogP contribution >= 0.6 is 0 Å². The summed E-state index contributed by atoms with van der Waals surface area (Å²) in [6, 6.07) is 11.9. The SMILES string of the molecule is COc1ccc(C(=O)Nc2ccc3c(c2)OC[C@@H](C)N(Cc2cocn2)C[C@H](C)[C@H](OC)CN(C)C3=O)cc1. The van der Waals surface area contributed by atoms with Crippen molar-refractivity contribution in [1.29, 1.82) is 0 Å². The Labute approximate surface area is 228 Å². The Hall–Kier alpha value is -3.89. The molecule has 1 aliphatic heterocycles. The van der Waals surface area contributed by atoms with E-state index in [1.54, 1.807) is 74.9 Å². The van der Waals surface area contributed by atoms with E-state index in [9.17, 15) is 9.59 Å². The summed E-state index contributed by atoms with van der Waals surface area (Å²) in [5.74, 6) is 0.738. The second-order valence-electron chi connectivity index (χ2n) is 9.90. The molecule has 10 nitrogen and oxygen atoms in total. The third-order valence-corrected chi connectivity index (χ3v) is 7.03. The van der Waals surface area contributed by atoms with E-state index in [0.717, 1.165) is 5.69 Å². The van der Waals surface area contributed by atoms with Crippen LogP contribution in [0.4, 0.5) is 5.69 Å². The van der Waals surface area contributed by atoms with Crippen LogP contribution in [0.25, 0.3) is 0 Å². The highest BCUT2D eigenvalue weighted by molar-refractivity contribution is 6.05. The summed E-state index contributed by atoms with van der Waals surface area (Å²) in [6.45, 7) is 6.22. The average molecular weight is 537 g/mol. The monoisotopic (exact) mass is 536 g/mol. The lowest BCUT2D eigenvalue weighted by molar-refractivity contribution is 0.00900. The second-order valence-corrected chi connectivity index (χ2v) is 9.90. The van der Waals surface area contributed by atoms with Gasteiger partial charge in [0, 0.05) is 57.2 Å². The number of carbonyl (C=O) groups excluding carboxylic acids is 2. The number of fused-ring (bicyclic) bond motifs is 1. The van der Waals surface area contributed by atoms with Crippen molar-refractivity contribution in [3.8, 4) is 11.5 Å². The minimum atomic E-state index is -0.279. The van der Waals surface area contributed by atoms with Gasteiger partial charge in [0.05, 0.1) is 24.5 Å². The van der Waals surface area contributed by atoms with Crippen LogP contribution in [0.3, 0.4) is 0 Å². The van der Waals surface area contributed by atoms with Crippen LogP contribution in [0.2, 0.25) is 0 Å². The molecule has 0 bridgehead atoms. The first-order valence-corrected chi connectivity index (χ1v) is 12.9. The third kappa shape index (κ3) is 6.96. The molecule has 0 unspecified atom stereocenters. The number of nitrogens with one attached hydrogen (secondary N) is 1. The molecular formula is C29H36N4O6. The Bertz CT molecular complexity index is 1250. The van der Waals surface area contributed by atoms with Gasteiger partial charge in [0.25, 0.3) is 11.8 Å². The number of oxazole rings is 1. The molecule has 2 aromatic carbocycles. The summed E-state index contributed by atoms with van der Waals surface area (Å²) >= 11 is 0. The average Bonchev–Trinajstić information content (AvgIpc) is 3.46. The predicted molar refractivity (Wildman–Crippen MR) is 146 cm³/mol. The molecule has 10 heteroatoms. The Kier molecular flexibility index (Phi) is 9.21. The normalized spacial score (nSPS) is 20.8. The summed E-state index contributed by atoms with van der Waals surface area (Å²) in [5.41, 5.74) is 2.24. The van der Waals surface area contributed by atoms with E-state index in [0.29, 0.717) is 54.6 Å². The molecule has 3 atom stereocenters. The topological polar surface area (TPSA) is 106 Å². The van der Waals surface area contributed by atoms with Crippen LogP contribution in [0, 0.1) is 5.92 Å². The van der Waals surface area contributed by atoms with E-state index in [-0.39, 0.29) is 29.9 Å². The first-order chi connectivity index (χ1) is 18.8. The minimum absolute atomic E-state index is 0.0145. The molecule has 0 saturated heterocycles. The van der Waals surface area contributed by atoms with E-state index in [4.69, 9.17) is 18.6 Å². The summed E-state index contributed by atoms with van der Waals surface area (Å²) < 4.78 is 22.4. The van der Waals surface area contributed by atoms with E-state index >= 15 is 0 Å². The number of ether oxygens (including phenoxy) is 3. The first kappa shape index (κ1) is 28.1. The number of carbonyl (C=O) groups is 2. The maximum atomic E-state index is 13.5. The van der Waals surface area contributed by atoms with Crippen LogP contribution in [-0.2, 0) is 11.3 Å². The molecule has 0 radical (unpaired) electrons. The van der Waals surface area contributed by atoms with Crippen molar-refractivity contribution in [2.45, 2.75) is 32.5 Å². The smallest absolute Gasteiger partial charge is 0.257 e. The Balaban J connectivity index is 1.61. The largest absolute Gasteiger partial charge is 0.497 e. The number of benzene rings is 2. The molecule has 0 spiro atoms. The van der Waals surface area contributed by atoms with Gasteiger partial charge in [-0.1, -0.05) is 6.92 Å². The van der Waals surface area contributed by atoms with Gasteiger partial charge in [-0.2, -0.15) is 0 Å². The Morgan fingerprint density at radius 3 is 2.56 bits per heavy atom. The molecule has 208 valence electrons. The number of hydrogen-bond donors (Lipinski definition) is 1. The zero-order valence-electron chi connectivity index (χ0n) is 23.0. The molecular weight excluding hydrogens is 500 g/mol. The van der Waals surface area contributed by atoms with Crippen LogP contribution in [0.15, 0.2) is 59.5 Å². The first-order valence-electron chi connectivity index (χ1n) is 12.9. The number of rotatable bonds is 6. The van der Waals surface area contributed by atoms with Gasteiger partial charge in [0.2, 0.25) is 0 Å². The number of anilines is 1. The fourth-order valence-electron chi connectivity index (χ4n) is 4.61. The molecule has 0 fully saturated rings. The summed E-state index contributed by atoms with van der Waals surface area (Å²) in [5, 5.41) is 2.90. The number of likely N-dealkylation sites (N-methyl/N-ethyl adjacent to an activating group) is 1. The van der Waals surface area contributed by atoms with Gasteiger partial charge in [-0.3, -0.25) is 14.5 Å². The highest BCUT2D eigenvalue weighted by Gasteiger charge is 2.29. The van der Waals surface area contributed by atoms with Gasteiger partial charge in [0.1, 0.15) is 24.4 Å². The van der Waals surface area contributed by atoms with E-state index < -0.39 is 0 Å². The molecule has 1 N–H and O–H groups in total. The van der Waals surface area contributed by atoms with Crippen molar-refractivity contribution in [1.82, 2.24) is 14.8 Å². The third-order valence-electron chi connectivity index (χ3n) is 7.03. The van der Waals surface area contributed by atoms with Gasteiger partial charge in [-0.05, 0) is 49.2 Å². The van der Waals surface area contributed by atoms with Gasteiger partial charge in [0.15, 0.2) is 6.39 Å². The summed E-state index contributed by atoms with van der Waals surface area (Å²) in [4.78, 5) is 34.5. The highest BCUT2D eigenvalue weighted by atomic mass is 16.5. The second kappa shape index (κ2) is 12.8. The summed E-state index contributed by atoms with van der Waals surface area (Å²) in [7, 11) is 5.00. The van der Waals surface area contributed by atoms with Crippen LogP contribution in [-0.4, -0.2) is 79.7 Å². The molecule has 0 saturated carbocycles. The van der Waals surface area contributed by atoms with E-state index in [2.05, 4.69) is 29.0 Å². The van der Waals surface area contributed by atoms with Gasteiger partial charge < -0.3 is 28.8 Å². The fraction of sp³-hybridized carbons (Fsp3) is 0.414. The molecule has 4 rings (SSSR count). The van der Waals surface area contributed by atoms with E-state index in [1.165, 1.54) is 6.39 Å². The fourth-order valence-corrected chi connectivity index (χ4v) is 4.61. The quantitative estimate of drug-likeness (QED) is 0.505. The predicted octanol–water partition coefficient (Wildman–Crippen LogP) is 3.94. The minimum Gasteiger partial charge on any atom is -0.497 e. The zero-order chi connectivity index (χ0) is 27.9. The lowest BCUT2D eigenvalue weighted by atomic mass is 10.0. The van der Waals surface area contributed by atoms with Crippen molar-refractivity contribution < 1.29 is 28.2 Å². The van der Waals surface area contributed by atoms with Crippen molar-refractivity contribution in [3.63, 3.8) is 0 Å². The maximum Gasteiger partial charge on any atom is 0.257 e. The van der Waals surface area contributed by atoms with E-state index in [1.807, 2.05) is 0 Å². The van der Waals surface area contributed by atoms with Crippen molar-refractivity contribution in [3.05, 3.63) is 71.9 Å². The van der Waals surface area contributed by atoms with Crippen LogP contribution < -0.4 is 14.8 Å². The number of aromatic nitrogens is 1. The van der Waals surface area contributed by atoms with Gasteiger partial charge >= 0.3 is 0 Å². The Morgan fingerprint density at radius 2 is 1.90 bits per heavy atom. The maximum absolute atomic E-state index is 13.5. The van der Waals surface area contributed by atoms with Gasteiger partial charge in [-0.25, -0.2) is 4.98 Å². The highest BCUT2D eigenvalue weighted by Crippen LogP contribution is 2.27. The number of amides is 2. The molecule has 2 heterocycles. The molecule has 2 amide bonds. The zero-order valence-corrected chi connectivity index (χ0v) is 23.0. The molecule has 0 aliphatic carbocycles. The van der Waals surface area contributed by atoms with Crippen LogP contribution in [0.1, 0.15) is 40.3 Å². The lowest BCUT2D eigenvalue weighted by Crippen LogP contribution is -2.46.